The molecule has 2 aromatic rings. The molecule has 2 heterocycles. The van der Waals surface area contributed by atoms with Crippen LogP contribution in [-0.2, 0) is 9.57 Å². The molecule has 1 aromatic heterocycles. The zero-order valence-corrected chi connectivity index (χ0v) is 19.3. The van der Waals surface area contributed by atoms with Crippen molar-refractivity contribution in [3.63, 3.8) is 0 Å². The highest BCUT2D eigenvalue weighted by Gasteiger charge is 2.21. The number of fused-ring (bicyclic) bond motifs is 1. The lowest BCUT2D eigenvalue weighted by Crippen LogP contribution is -2.48. The maximum Gasteiger partial charge on any atom is 0.146 e. The summed E-state index contributed by atoms with van der Waals surface area (Å²) >= 11 is 8.97. The molecule has 0 aliphatic carbocycles. The van der Waals surface area contributed by atoms with Crippen LogP contribution in [0.15, 0.2) is 40.1 Å². The van der Waals surface area contributed by atoms with Crippen molar-refractivity contribution in [3.05, 3.63) is 34.9 Å². The maximum atomic E-state index is 6.02. The molecule has 2 atom stereocenters. The number of rotatable bonds is 8. The minimum atomic E-state index is -0.469. The average molecular weight is 480 g/mol. The third kappa shape index (κ3) is 6.62. The minimum absolute atomic E-state index is 0.149. The standard InChI is InChI=1S/C21H26BrN3O3S/c1-14(28-17-6-7-19-15(10-17)9-16(22)11-23-19)20(29)25-21(2,3)13-24-27-12-18-5-4-8-26-18/h6-7,9-11,13-14,18H,4-5,8,12H2,1-3H3,(H,25,29). The van der Waals surface area contributed by atoms with E-state index < -0.39 is 5.54 Å². The predicted molar refractivity (Wildman–Crippen MR) is 123 cm³/mol. The van der Waals surface area contributed by atoms with Gasteiger partial charge in [0.1, 0.15) is 23.4 Å². The smallest absolute Gasteiger partial charge is 0.146 e. The fraction of sp³-hybridized carbons (Fsp3) is 0.476. The summed E-state index contributed by atoms with van der Waals surface area (Å²) in [5.74, 6) is 0.737. The highest BCUT2D eigenvalue weighted by atomic mass is 79.9. The highest BCUT2D eigenvalue weighted by molar-refractivity contribution is 9.10. The molecular formula is C21H26BrN3O3S. The largest absolute Gasteiger partial charge is 0.484 e. The second-order valence-corrected chi connectivity index (χ2v) is 9.00. The molecule has 8 heteroatoms. The van der Waals surface area contributed by atoms with Crippen molar-refractivity contribution < 1.29 is 14.3 Å². The van der Waals surface area contributed by atoms with Crippen LogP contribution in [-0.4, -0.2) is 47.1 Å². The topological polar surface area (TPSA) is 65.0 Å². The van der Waals surface area contributed by atoms with Crippen molar-refractivity contribution in [3.8, 4) is 5.75 Å². The zero-order valence-electron chi connectivity index (χ0n) is 16.9. The van der Waals surface area contributed by atoms with E-state index >= 15 is 0 Å². The van der Waals surface area contributed by atoms with Crippen molar-refractivity contribution in [2.45, 2.75) is 51.4 Å². The number of oxime groups is 1. The molecule has 1 fully saturated rings. The second kappa shape index (κ2) is 9.82. The number of hydrogen-bond donors (Lipinski definition) is 1. The van der Waals surface area contributed by atoms with Gasteiger partial charge in [0.15, 0.2) is 0 Å². The number of benzene rings is 1. The summed E-state index contributed by atoms with van der Waals surface area (Å²) in [6.07, 6.45) is 5.44. The minimum Gasteiger partial charge on any atom is -0.484 e. The lowest BCUT2D eigenvalue weighted by atomic mass is 10.1. The number of ether oxygens (including phenoxy) is 2. The Hall–Kier alpha value is -1.77. The van der Waals surface area contributed by atoms with Crippen LogP contribution in [0.1, 0.15) is 33.6 Å². The average Bonchev–Trinajstić information content (AvgIpc) is 3.18. The molecule has 156 valence electrons. The molecule has 0 radical (unpaired) electrons. The summed E-state index contributed by atoms with van der Waals surface area (Å²) in [4.78, 5) is 10.3. The SMILES string of the molecule is CC(Oc1ccc2ncc(Br)cc2c1)C(=S)NC(C)(C)C=NOCC1CCCO1. The molecule has 1 aliphatic rings. The Balaban J connectivity index is 1.52. The monoisotopic (exact) mass is 479 g/mol. The normalized spacial score (nSPS) is 18.1. The van der Waals surface area contributed by atoms with Crippen molar-refractivity contribution in [2.75, 3.05) is 13.2 Å². The van der Waals surface area contributed by atoms with E-state index in [-0.39, 0.29) is 12.2 Å². The van der Waals surface area contributed by atoms with Gasteiger partial charge in [0.05, 0.1) is 23.4 Å². The first-order chi connectivity index (χ1) is 13.8. The van der Waals surface area contributed by atoms with Crippen molar-refractivity contribution in [2.24, 2.45) is 5.16 Å². The summed E-state index contributed by atoms with van der Waals surface area (Å²) < 4.78 is 12.5. The number of pyridine rings is 1. The zero-order chi connectivity index (χ0) is 20.9. The van der Waals surface area contributed by atoms with Gasteiger partial charge in [0.2, 0.25) is 0 Å². The van der Waals surface area contributed by atoms with E-state index in [2.05, 4.69) is 31.4 Å². The third-order valence-electron chi connectivity index (χ3n) is 4.48. The Kier molecular flexibility index (Phi) is 7.43. The lowest BCUT2D eigenvalue weighted by Gasteiger charge is -2.26. The van der Waals surface area contributed by atoms with Gasteiger partial charge in [-0.3, -0.25) is 4.98 Å². The summed E-state index contributed by atoms with van der Waals surface area (Å²) in [6.45, 7) is 7.15. The molecule has 0 amide bonds. The van der Waals surface area contributed by atoms with Crippen molar-refractivity contribution in [1.82, 2.24) is 10.3 Å². The molecule has 6 nitrogen and oxygen atoms in total. The third-order valence-corrected chi connectivity index (χ3v) is 5.35. The summed E-state index contributed by atoms with van der Waals surface area (Å²) in [5, 5.41) is 8.34. The van der Waals surface area contributed by atoms with Gasteiger partial charge in [-0.2, -0.15) is 0 Å². The molecule has 1 aliphatic heterocycles. The molecule has 2 unspecified atom stereocenters. The van der Waals surface area contributed by atoms with Crippen LogP contribution in [0.25, 0.3) is 10.9 Å². The Bertz CT molecular complexity index is 885. The Morgan fingerprint density at radius 3 is 3.07 bits per heavy atom. The fourth-order valence-electron chi connectivity index (χ4n) is 2.94. The van der Waals surface area contributed by atoms with Gasteiger partial charge in [-0.15, -0.1) is 0 Å². The first-order valence-corrected chi connectivity index (χ1v) is 10.8. The Labute approximate surface area is 185 Å². The van der Waals surface area contributed by atoms with Gasteiger partial charge in [-0.1, -0.05) is 17.4 Å². The van der Waals surface area contributed by atoms with Gasteiger partial charge in [0.25, 0.3) is 0 Å². The van der Waals surface area contributed by atoms with Crippen LogP contribution in [0.5, 0.6) is 5.75 Å². The van der Waals surface area contributed by atoms with Crippen LogP contribution >= 0.6 is 28.1 Å². The van der Waals surface area contributed by atoms with Gasteiger partial charge < -0.3 is 19.6 Å². The first kappa shape index (κ1) is 21.9. The number of hydrogen-bond acceptors (Lipinski definition) is 6. The van der Waals surface area contributed by atoms with Crippen LogP contribution in [0.3, 0.4) is 0 Å². The molecule has 3 rings (SSSR count). The van der Waals surface area contributed by atoms with Gasteiger partial charge in [0, 0.05) is 22.7 Å². The Morgan fingerprint density at radius 2 is 2.31 bits per heavy atom. The molecular weight excluding hydrogens is 454 g/mol. The molecule has 1 aromatic carbocycles. The quantitative estimate of drug-likeness (QED) is 0.337. The van der Waals surface area contributed by atoms with E-state index in [1.165, 1.54) is 0 Å². The summed E-state index contributed by atoms with van der Waals surface area (Å²) in [6, 6.07) is 7.79. The Morgan fingerprint density at radius 1 is 1.48 bits per heavy atom. The summed E-state index contributed by atoms with van der Waals surface area (Å²) in [7, 11) is 0. The second-order valence-electron chi connectivity index (χ2n) is 7.64. The van der Waals surface area contributed by atoms with E-state index in [9.17, 15) is 0 Å². The van der Waals surface area contributed by atoms with E-state index in [1.807, 2.05) is 45.0 Å². The summed E-state index contributed by atoms with van der Waals surface area (Å²) in [5.41, 5.74) is 0.443. The van der Waals surface area contributed by atoms with Gasteiger partial charge >= 0.3 is 0 Å². The van der Waals surface area contributed by atoms with Crippen molar-refractivity contribution in [1.29, 1.82) is 0 Å². The van der Waals surface area contributed by atoms with Crippen molar-refractivity contribution >= 4 is 50.3 Å². The van der Waals surface area contributed by atoms with E-state index in [4.69, 9.17) is 26.5 Å². The van der Waals surface area contributed by atoms with E-state index in [0.29, 0.717) is 11.6 Å². The molecule has 1 saturated heterocycles. The highest BCUT2D eigenvalue weighted by Crippen LogP contribution is 2.23. The van der Waals surface area contributed by atoms with Gasteiger partial charge in [-0.05, 0) is 73.8 Å². The molecule has 0 saturated carbocycles. The van der Waals surface area contributed by atoms with E-state index in [1.54, 1.807) is 12.4 Å². The maximum absolute atomic E-state index is 6.02. The fourth-order valence-corrected chi connectivity index (χ4v) is 3.60. The van der Waals surface area contributed by atoms with Crippen LogP contribution < -0.4 is 10.1 Å². The number of nitrogens with zero attached hydrogens (tertiary/aromatic N) is 2. The molecule has 29 heavy (non-hydrogen) atoms. The number of thiocarbonyl (C=S) groups is 1. The first-order valence-electron chi connectivity index (χ1n) is 9.64. The molecule has 0 bridgehead atoms. The predicted octanol–water partition coefficient (Wildman–Crippen LogP) is 4.64. The number of nitrogens with one attached hydrogen (secondary N) is 1. The van der Waals surface area contributed by atoms with Crippen LogP contribution in [0, 0.1) is 0 Å². The lowest BCUT2D eigenvalue weighted by molar-refractivity contribution is 0.0196. The van der Waals surface area contributed by atoms with Gasteiger partial charge in [-0.25, -0.2) is 0 Å². The number of halogens is 1. The molecule has 0 spiro atoms. The number of aromatic nitrogens is 1. The van der Waals surface area contributed by atoms with Crippen LogP contribution in [0.2, 0.25) is 0 Å². The van der Waals surface area contributed by atoms with E-state index in [0.717, 1.165) is 40.6 Å². The van der Waals surface area contributed by atoms with Crippen LogP contribution in [0.4, 0.5) is 0 Å². The molecule has 1 N–H and O–H groups in total.